The number of benzene rings is 1. The van der Waals surface area contributed by atoms with E-state index in [2.05, 4.69) is 9.80 Å². The number of fused-ring (bicyclic) bond motifs is 3. The lowest BCUT2D eigenvalue weighted by atomic mass is 9.73. The quantitative estimate of drug-likeness (QED) is 0.554. The van der Waals surface area contributed by atoms with Crippen LogP contribution in [0.5, 0.6) is 0 Å². The van der Waals surface area contributed by atoms with Gasteiger partial charge in [0.1, 0.15) is 17.3 Å². The van der Waals surface area contributed by atoms with Crippen molar-refractivity contribution >= 4 is 17.3 Å². The highest BCUT2D eigenvalue weighted by molar-refractivity contribution is 6.11. The fourth-order valence-corrected chi connectivity index (χ4v) is 6.74. The number of anilines is 2. The highest BCUT2D eigenvalue weighted by Crippen LogP contribution is 2.51. The number of hydrogen-bond donors (Lipinski definition) is 1. The number of halogens is 1. The number of nitrogens with two attached hydrogens (primary N) is 1. The monoisotopic (exact) mass is 499 g/mol. The first-order chi connectivity index (χ1) is 17.9. The summed E-state index contributed by atoms with van der Waals surface area (Å²) in [6.45, 7) is 2.98. The van der Waals surface area contributed by atoms with Crippen molar-refractivity contribution < 1.29 is 4.39 Å². The minimum atomic E-state index is -0.189. The van der Waals surface area contributed by atoms with Crippen LogP contribution in [0.4, 0.5) is 15.9 Å². The number of nitrogens with zero attached hydrogens (tertiary/aromatic N) is 6. The van der Waals surface area contributed by atoms with Gasteiger partial charge in [0.15, 0.2) is 5.84 Å². The maximum Gasteiger partial charge on any atom is 0.255 e. The Morgan fingerprint density at radius 3 is 2.84 bits per heavy atom. The highest BCUT2D eigenvalue weighted by Gasteiger charge is 2.46. The number of aryl methyl sites for hydroxylation is 1. The van der Waals surface area contributed by atoms with E-state index in [1.807, 2.05) is 24.5 Å². The van der Waals surface area contributed by atoms with Gasteiger partial charge in [0.2, 0.25) is 0 Å². The van der Waals surface area contributed by atoms with Crippen molar-refractivity contribution in [2.75, 3.05) is 29.4 Å². The normalized spacial score (nSPS) is 21.6. The van der Waals surface area contributed by atoms with Crippen molar-refractivity contribution in [1.82, 2.24) is 14.5 Å². The van der Waals surface area contributed by atoms with Crippen LogP contribution in [0, 0.1) is 11.2 Å². The summed E-state index contributed by atoms with van der Waals surface area (Å²) in [5, 5.41) is 0. The Kier molecular flexibility index (Phi) is 5.01. The molecule has 2 N–H and O–H groups in total. The molecule has 1 aliphatic carbocycles. The van der Waals surface area contributed by atoms with Crippen LogP contribution in [-0.2, 0) is 26.4 Å². The third kappa shape index (κ3) is 3.43. The Morgan fingerprint density at radius 2 is 2.00 bits per heavy atom. The third-order valence-corrected chi connectivity index (χ3v) is 8.85. The minimum Gasteiger partial charge on any atom is -0.355 e. The summed E-state index contributed by atoms with van der Waals surface area (Å²) < 4.78 is 15.4. The molecule has 37 heavy (non-hydrogen) atoms. The molecule has 9 heteroatoms. The van der Waals surface area contributed by atoms with Gasteiger partial charge in [-0.05, 0) is 66.8 Å². The molecule has 1 fully saturated rings. The summed E-state index contributed by atoms with van der Waals surface area (Å²) in [6, 6.07) is 6.97. The molecule has 1 saturated heterocycles. The van der Waals surface area contributed by atoms with E-state index in [1.54, 1.807) is 17.7 Å². The van der Waals surface area contributed by atoms with E-state index >= 15 is 0 Å². The average molecular weight is 500 g/mol. The van der Waals surface area contributed by atoms with Gasteiger partial charge in [-0.15, -0.1) is 0 Å². The van der Waals surface area contributed by atoms with Crippen LogP contribution in [0.15, 0.2) is 46.4 Å². The molecule has 4 aliphatic rings. The van der Waals surface area contributed by atoms with Crippen LogP contribution in [-0.4, -0.2) is 40.0 Å². The first kappa shape index (κ1) is 22.6. The number of amidine groups is 1. The second-order valence-corrected chi connectivity index (χ2v) is 10.9. The van der Waals surface area contributed by atoms with E-state index < -0.39 is 0 Å². The SMILES string of the molecule is Cn1ccc2c(c1=O)CCCN2C1=NCc2nc(N3CCC4(CC3)Cc3cc(F)ccc3[C@H]4N)cnc21. The van der Waals surface area contributed by atoms with Crippen LogP contribution in [0.3, 0.4) is 0 Å². The highest BCUT2D eigenvalue weighted by atomic mass is 19.1. The first-order valence-electron chi connectivity index (χ1n) is 13.1. The fourth-order valence-electron chi connectivity index (χ4n) is 6.74. The number of hydrogen-bond acceptors (Lipinski definition) is 7. The molecule has 8 nitrogen and oxygen atoms in total. The van der Waals surface area contributed by atoms with Crippen molar-refractivity contribution in [3.63, 3.8) is 0 Å². The Labute approximate surface area is 214 Å². The van der Waals surface area contributed by atoms with E-state index in [9.17, 15) is 9.18 Å². The summed E-state index contributed by atoms with van der Waals surface area (Å²) in [5.74, 6) is 1.49. The molecule has 0 amide bonds. The Bertz CT molecular complexity index is 1500. The molecule has 1 spiro atoms. The third-order valence-electron chi connectivity index (χ3n) is 8.85. The minimum absolute atomic E-state index is 0.0220. The second kappa shape index (κ2) is 8.21. The summed E-state index contributed by atoms with van der Waals surface area (Å²) in [7, 11) is 1.79. The molecule has 3 aromatic rings. The van der Waals surface area contributed by atoms with Gasteiger partial charge in [0.25, 0.3) is 5.56 Å². The number of pyridine rings is 1. The second-order valence-electron chi connectivity index (χ2n) is 10.9. The molecule has 0 radical (unpaired) electrons. The number of rotatable bonds is 1. The first-order valence-corrected chi connectivity index (χ1v) is 13.1. The van der Waals surface area contributed by atoms with Crippen LogP contribution in [0.25, 0.3) is 0 Å². The topological polar surface area (TPSA) is 92.6 Å². The van der Waals surface area contributed by atoms with E-state index in [1.165, 1.54) is 6.07 Å². The summed E-state index contributed by atoms with van der Waals surface area (Å²) >= 11 is 0. The zero-order valence-corrected chi connectivity index (χ0v) is 21.0. The van der Waals surface area contributed by atoms with Crippen LogP contribution in [0.1, 0.15) is 53.4 Å². The van der Waals surface area contributed by atoms with Crippen molar-refractivity contribution in [1.29, 1.82) is 0 Å². The van der Waals surface area contributed by atoms with Gasteiger partial charge in [0, 0.05) is 44.5 Å². The lowest BCUT2D eigenvalue weighted by Crippen LogP contribution is -2.44. The molecule has 3 aliphatic heterocycles. The standard InChI is InChI=1S/C28H30FN7O/c1-34-10-6-22-20(27(34)37)3-2-9-36(22)26-24-21(15-32-26)33-23(16-31-24)35-11-7-28(8-12-35)14-17-13-18(29)4-5-19(17)25(28)30/h4-6,10,13,16,25H,2-3,7-9,11-12,14-15,30H2,1H3/t25-/m1/s1. The van der Waals surface area contributed by atoms with Crippen molar-refractivity contribution in [2.45, 2.75) is 44.7 Å². The Hall–Kier alpha value is -3.59. The van der Waals surface area contributed by atoms with Gasteiger partial charge in [0.05, 0.1) is 24.1 Å². The van der Waals surface area contributed by atoms with Crippen molar-refractivity contribution in [3.05, 3.63) is 80.9 Å². The molecule has 5 heterocycles. The smallest absolute Gasteiger partial charge is 0.255 e. The van der Waals surface area contributed by atoms with Gasteiger partial charge >= 0.3 is 0 Å². The Balaban J connectivity index is 1.10. The zero-order chi connectivity index (χ0) is 25.3. The van der Waals surface area contributed by atoms with Gasteiger partial charge in [-0.2, -0.15) is 0 Å². The molecule has 1 aromatic carbocycles. The molecule has 190 valence electrons. The van der Waals surface area contributed by atoms with E-state index in [-0.39, 0.29) is 22.8 Å². The maximum absolute atomic E-state index is 13.8. The lowest BCUT2D eigenvalue weighted by Gasteiger charge is -2.42. The predicted octanol–water partition coefficient (Wildman–Crippen LogP) is 2.87. The zero-order valence-electron chi connectivity index (χ0n) is 21.0. The van der Waals surface area contributed by atoms with E-state index in [0.29, 0.717) is 6.54 Å². The van der Waals surface area contributed by atoms with Gasteiger partial charge < -0.3 is 20.1 Å². The predicted molar refractivity (Wildman–Crippen MR) is 141 cm³/mol. The van der Waals surface area contributed by atoms with E-state index in [0.717, 1.165) is 97.2 Å². The van der Waals surface area contributed by atoms with Crippen molar-refractivity contribution in [2.24, 2.45) is 23.2 Å². The molecular formula is C28H30FN7O. The largest absolute Gasteiger partial charge is 0.355 e. The molecule has 7 rings (SSSR count). The van der Waals surface area contributed by atoms with Crippen LogP contribution in [0.2, 0.25) is 0 Å². The summed E-state index contributed by atoms with van der Waals surface area (Å²) in [5.41, 5.74) is 12.3. The molecule has 0 unspecified atom stereocenters. The van der Waals surface area contributed by atoms with Crippen LogP contribution < -0.4 is 21.1 Å². The van der Waals surface area contributed by atoms with Gasteiger partial charge in [-0.3, -0.25) is 9.79 Å². The number of piperidine rings is 1. The molecule has 0 bridgehead atoms. The van der Waals surface area contributed by atoms with E-state index in [4.69, 9.17) is 20.7 Å². The summed E-state index contributed by atoms with van der Waals surface area (Å²) in [4.78, 5) is 31.7. The average Bonchev–Trinajstić information content (AvgIpc) is 3.44. The summed E-state index contributed by atoms with van der Waals surface area (Å²) in [6.07, 6.45) is 8.06. The molecule has 0 saturated carbocycles. The molecule has 1 atom stereocenters. The molecular weight excluding hydrogens is 469 g/mol. The van der Waals surface area contributed by atoms with Gasteiger partial charge in [-0.1, -0.05) is 6.07 Å². The van der Waals surface area contributed by atoms with Gasteiger partial charge in [-0.25, -0.2) is 14.4 Å². The Morgan fingerprint density at radius 1 is 1.16 bits per heavy atom. The fraction of sp³-hybridized carbons (Fsp3) is 0.429. The number of aliphatic imine (C=N–C) groups is 1. The number of aromatic nitrogens is 3. The molecule has 2 aromatic heterocycles. The van der Waals surface area contributed by atoms with Crippen molar-refractivity contribution in [3.8, 4) is 0 Å². The van der Waals surface area contributed by atoms with Crippen LogP contribution >= 0.6 is 0 Å². The maximum atomic E-state index is 13.8. The lowest BCUT2D eigenvalue weighted by molar-refractivity contribution is 0.187.